The van der Waals surface area contributed by atoms with Crippen LogP contribution in [-0.4, -0.2) is 81.5 Å². The summed E-state index contributed by atoms with van der Waals surface area (Å²) in [7, 11) is 2.15. The van der Waals surface area contributed by atoms with Gasteiger partial charge in [0.15, 0.2) is 0 Å². The number of nitrogens with zero attached hydrogens (tertiary/aromatic N) is 7. The Morgan fingerprint density at radius 2 is 1.86 bits per heavy atom. The summed E-state index contributed by atoms with van der Waals surface area (Å²) in [4.78, 5) is 46.7. The first-order valence-electron chi connectivity index (χ1n) is 15.4. The van der Waals surface area contributed by atoms with Crippen molar-refractivity contribution in [2.24, 2.45) is 0 Å². The van der Waals surface area contributed by atoms with Gasteiger partial charge in [-0.1, -0.05) is 6.92 Å². The summed E-state index contributed by atoms with van der Waals surface area (Å²) >= 11 is 0. The fourth-order valence-electron chi connectivity index (χ4n) is 6.51. The minimum absolute atomic E-state index is 0.0583. The number of rotatable bonds is 6. The Morgan fingerprint density at radius 1 is 1.07 bits per heavy atom. The first-order chi connectivity index (χ1) is 21.2. The number of amides is 1. The summed E-state index contributed by atoms with van der Waals surface area (Å²) in [5.74, 6) is -0.227. The van der Waals surface area contributed by atoms with Crippen molar-refractivity contribution >= 4 is 34.3 Å². The second-order valence-corrected chi connectivity index (χ2v) is 11.9. The van der Waals surface area contributed by atoms with E-state index in [1.807, 2.05) is 24.8 Å². The van der Waals surface area contributed by atoms with E-state index in [0.29, 0.717) is 53.2 Å². The van der Waals surface area contributed by atoms with Gasteiger partial charge in [-0.2, -0.15) is 9.37 Å². The summed E-state index contributed by atoms with van der Waals surface area (Å²) in [6, 6.07) is 8.89. The molecule has 2 aliphatic heterocycles. The van der Waals surface area contributed by atoms with Crippen LogP contribution in [0.1, 0.15) is 43.4 Å². The zero-order valence-corrected chi connectivity index (χ0v) is 25.8. The number of piperazine rings is 1. The maximum absolute atomic E-state index is 14.3. The molecule has 0 aliphatic carbocycles. The molecule has 0 bridgehead atoms. The van der Waals surface area contributed by atoms with E-state index < -0.39 is 5.95 Å². The van der Waals surface area contributed by atoms with Crippen LogP contribution in [0.2, 0.25) is 0 Å². The Kier molecular flexibility index (Phi) is 8.31. The third kappa shape index (κ3) is 5.76. The Labute approximate surface area is 256 Å². The lowest BCUT2D eigenvalue weighted by atomic mass is 9.98. The molecule has 6 rings (SSSR count). The highest BCUT2D eigenvalue weighted by molar-refractivity contribution is 5.87. The average Bonchev–Trinajstić information content (AvgIpc) is 3.01. The van der Waals surface area contributed by atoms with Crippen LogP contribution >= 0.6 is 0 Å². The van der Waals surface area contributed by atoms with Gasteiger partial charge in [-0.25, -0.2) is 9.97 Å². The number of likely N-dealkylation sites (N-methyl/N-ethyl adjacent to an activating group) is 1. The smallest absolute Gasteiger partial charge is 0.260 e. The van der Waals surface area contributed by atoms with Gasteiger partial charge in [0.25, 0.3) is 5.56 Å². The van der Waals surface area contributed by atoms with Crippen LogP contribution < -0.4 is 15.8 Å². The molecule has 44 heavy (non-hydrogen) atoms. The number of hydrogen-bond donors (Lipinski definition) is 1. The molecule has 0 radical (unpaired) electrons. The van der Waals surface area contributed by atoms with Gasteiger partial charge in [-0.3, -0.25) is 14.2 Å². The highest BCUT2D eigenvalue weighted by atomic mass is 19.1. The molecule has 3 aromatic heterocycles. The molecule has 1 N–H and O–H groups in total. The van der Waals surface area contributed by atoms with Crippen molar-refractivity contribution in [3.63, 3.8) is 0 Å². The summed E-state index contributed by atoms with van der Waals surface area (Å²) in [6.07, 6.45) is 4.98. The number of likely N-dealkylation sites (tertiary alicyclic amines) is 1. The fourth-order valence-corrected chi connectivity index (χ4v) is 6.51. The number of carbonyl (C=O) groups excluding carboxylic acids is 1. The Hall–Kier alpha value is -4.38. The van der Waals surface area contributed by atoms with Crippen LogP contribution in [0.25, 0.3) is 22.2 Å². The Bertz CT molecular complexity index is 1770. The zero-order chi connectivity index (χ0) is 31.0. The maximum atomic E-state index is 14.3. The number of aryl methyl sites for hydroxylation is 2. The standard InChI is InChI=1S/C33H39FN8O2/c1-5-29(43)41-12-6-7-25(20-41)42-31-26(22(3)30(32(42)44)23-10-11-35-28(34)18-23)19-36-33(38-31)37-24-8-9-27(21(2)17-24)40-15-13-39(4)14-16-40/h8-11,17-19,25H,5-7,12-16,20H2,1-4H3,(H,36,37,38). The zero-order valence-electron chi connectivity index (χ0n) is 25.8. The van der Waals surface area contributed by atoms with Crippen molar-refractivity contribution in [2.75, 3.05) is 56.5 Å². The molecule has 2 saturated heterocycles. The number of benzene rings is 1. The quantitative estimate of drug-likeness (QED) is 0.320. The van der Waals surface area contributed by atoms with Crippen molar-refractivity contribution < 1.29 is 9.18 Å². The van der Waals surface area contributed by atoms with E-state index in [9.17, 15) is 14.0 Å². The normalized spacial score (nSPS) is 17.7. The molecule has 1 amide bonds. The number of piperidine rings is 1. The largest absolute Gasteiger partial charge is 0.369 e. The first-order valence-corrected chi connectivity index (χ1v) is 15.4. The second-order valence-electron chi connectivity index (χ2n) is 11.9. The van der Waals surface area contributed by atoms with Crippen LogP contribution in [-0.2, 0) is 4.79 Å². The van der Waals surface area contributed by atoms with Gasteiger partial charge in [-0.15, -0.1) is 0 Å². The van der Waals surface area contributed by atoms with E-state index in [0.717, 1.165) is 50.3 Å². The second kappa shape index (κ2) is 12.3. The molecule has 1 unspecified atom stereocenters. The first kappa shape index (κ1) is 29.7. The van der Waals surface area contributed by atoms with Gasteiger partial charge in [0.2, 0.25) is 17.8 Å². The summed E-state index contributed by atoms with van der Waals surface area (Å²) in [5.41, 5.74) is 4.96. The van der Waals surface area contributed by atoms with E-state index >= 15 is 0 Å². The molecule has 2 fully saturated rings. The molecule has 2 aliphatic rings. The molecule has 4 aromatic rings. The third-order valence-corrected chi connectivity index (χ3v) is 8.94. The lowest BCUT2D eigenvalue weighted by Crippen LogP contribution is -2.44. The third-order valence-electron chi connectivity index (χ3n) is 8.94. The lowest BCUT2D eigenvalue weighted by Gasteiger charge is -2.35. The topological polar surface area (TPSA) is 99.5 Å². The summed E-state index contributed by atoms with van der Waals surface area (Å²) < 4.78 is 15.9. The van der Waals surface area contributed by atoms with Crippen LogP contribution in [0.3, 0.4) is 0 Å². The summed E-state index contributed by atoms with van der Waals surface area (Å²) in [5, 5.41) is 4.04. The van der Waals surface area contributed by atoms with Gasteiger partial charge < -0.3 is 20.0 Å². The van der Waals surface area contributed by atoms with Crippen molar-refractivity contribution in [1.29, 1.82) is 0 Å². The van der Waals surface area contributed by atoms with Gasteiger partial charge in [0.05, 0.1) is 11.6 Å². The SMILES string of the molecule is CCC(=O)N1CCCC(n2c(=O)c(-c3ccnc(F)c3)c(C)c3cnc(Nc4ccc(N5CCN(C)CC5)c(C)c4)nc32)C1. The number of carbonyl (C=O) groups is 1. The predicted molar refractivity (Wildman–Crippen MR) is 171 cm³/mol. The molecule has 10 nitrogen and oxygen atoms in total. The molecule has 0 spiro atoms. The Balaban J connectivity index is 1.41. The van der Waals surface area contributed by atoms with Gasteiger partial charge in [0, 0.05) is 80.9 Å². The molecular weight excluding hydrogens is 559 g/mol. The van der Waals surface area contributed by atoms with E-state index in [1.54, 1.807) is 16.8 Å². The number of anilines is 3. The number of hydrogen-bond acceptors (Lipinski definition) is 8. The van der Waals surface area contributed by atoms with E-state index in [1.165, 1.54) is 18.0 Å². The Morgan fingerprint density at radius 3 is 2.59 bits per heavy atom. The predicted octanol–water partition coefficient (Wildman–Crippen LogP) is 4.68. The highest BCUT2D eigenvalue weighted by Gasteiger charge is 2.29. The van der Waals surface area contributed by atoms with Crippen molar-refractivity contribution in [3.05, 3.63) is 70.2 Å². The molecule has 11 heteroatoms. The number of fused-ring (bicyclic) bond motifs is 1. The molecule has 230 valence electrons. The van der Waals surface area contributed by atoms with Gasteiger partial charge in [0.1, 0.15) is 5.65 Å². The van der Waals surface area contributed by atoms with Crippen LogP contribution in [0.15, 0.2) is 47.5 Å². The number of pyridine rings is 2. The minimum atomic E-state index is -0.657. The monoisotopic (exact) mass is 598 g/mol. The van der Waals surface area contributed by atoms with Crippen molar-refractivity contribution in [2.45, 2.75) is 46.1 Å². The van der Waals surface area contributed by atoms with E-state index in [-0.39, 0.29) is 17.5 Å². The molecule has 1 atom stereocenters. The van der Waals surface area contributed by atoms with Crippen molar-refractivity contribution in [3.8, 4) is 11.1 Å². The van der Waals surface area contributed by atoms with Crippen LogP contribution in [0.5, 0.6) is 0 Å². The number of aromatic nitrogens is 4. The molecule has 1 aromatic carbocycles. The van der Waals surface area contributed by atoms with Gasteiger partial charge >= 0.3 is 0 Å². The maximum Gasteiger partial charge on any atom is 0.260 e. The van der Waals surface area contributed by atoms with Gasteiger partial charge in [-0.05, 0) is 74.7 Å². The molecule has 5 heterocycles. The summed E-state index contributed by atoms with van der Waals surface area (Å²) in [6.45, 7) is 10.9. The van der Waals surface area contributed by atoms with Crippen LogP contribution in [0.4, 0.5) is 21.7 Å². The highest BCUT2D eigenvalue weighted by Crippen LogP contribution is 2.32. The number of halogens is 1. The fraction of sp³-hybridized carbons (Fsp3) is 0.424. The lowest BCUT2D eigenvalue weighted by molar-refractivity contribution is -0.132. The van der Waals surface area contributed by atoms with Crippen molar-refractivity contribution in [1.82, 2.24) is 29.3 Å². The molecular formula is C33H39FN8O2. The van der Waals surface area contributed by atoms with E-state index in [4.69, 9.17) is 4.98 Å². The van der Waals surface area contributed by atoms with Crippen LogP contribution in [0, 0.1) is 19.8 Å². The minimum Gasteiger partial charge on any atom is -0.369 e. The number of nitrogens with one attached hydrogen (secondary N) is 1. The average molecular weight is 599 g/mol. The van der Waals surface area contributed by atoms with E-state index in [2.05, 4.69) is 51.2 Å². The molecule has 0 saturated carbocycles.